The van der Waals surface area contributed by atoms with E-state index in [1.54, 1.807) is 32.1 Å². The molecule has 0 aliphatic heterocycles. The van der Waals surface area contributed by atoms with Gasteiger partial charge in [0, 0.05) is 20.5 Å². The molecule has 1 aromatic carbocycles. The normalized spacial score (nSPS) is 12.0. The molecular weight excluding hydrogens is 252 g/mol. The summed E-state index contributed by atoms with van der Waals surface area (Å²) in [7, 11) is 5.24. The molecule has 1 N–H and O–H groups in total. The van der Waals surface area contributed by atoms with Crippen LogP contribution in [0.3, 0.4) is 0 Å². The van der Waals surface area contributed by atoms with Crippen LogP contribution in [0.5, 0.6) is 5.75 Å². The zero-order valence-corrected chi connectivity index (χ0v) is 11.7. The van der Waals surface area contributed by atoms with Crippen LogP contribution in [0, 0.1) is 0 Å². The zero-order chi connectivity index (χ0) is 13.5. The van der Waals surface area contributed by atoms with Gasteiger partial charge in [0.05, 0.1) is 17.7 Å². The van der Waals surface area contributed by atoms with E-state index in [0.717, 1.165) is 0 Å². The number of nitrogens with zero attached hydrogens (tertiary/aromatic N) is 1. The lowest BCUT2D eigenvalue weighted by Gasteiger charge is -2.20. The van der Waals surface area contributed by atoms with Crippen molar-refractivity contribution < 1.29 is 9.53 Å². The Bertz CT molecular complexity index is 396. The molecule has 1 aromatic rings. The first-order valence-electron chi connectivity index (χ1n) is 5.82. The van der Waals surface area contributed by atoms with Crippen LogP contribution in [0.2, 0.25) is 5.02 Å². The van der Waals surface area contributed by atoms with Gasteiger partial charge in [0.1, 0.15) is 5.75 Å². The number of carbonyl (C=O) groups is 1. The Morgan fingerprint density at radius 2 is 2.11 bits per heavy atom. The molecule has 0 aliphatic carbocycles. The topological polar surface area (TPSA) is 41.6 Å². The molecule has 1 rings (SSSR count). The average Bonchev–Trinajstić information content (AvgIpc) is 2.36. The summed E-state index contributed by atoms with van der Waals surface area (Å²) in [5.41, 5.74) is 0. The number of hydrogen-bond donors (Lipinski definition) is 1. The SMILES string of the molecule is CNC(CCOc1ccccc1Cl)C(=O)N(C)C. The summed E-state index contributed by atoms with van der Waals surface area (Å²) in [6, 6.07) is 7.06. The second kappa shape index (κ2) is 7.24. The molecule has 0 aliphatic rings. The van der Waals surface area contributed by atoms with Crippen LogP contribution in [0.1, 0.15) is 6.42 Å². The first-order chi connectivity index (χ1) is 8.56. The van der Waals surface area contributed by atoms with Gasteiger partial charge in [-0.2, -0.15) is 0 Å². The molecule has 0 fully saturated rings. The summed E-state index contributed by atoms with van der Waals surface area (Å²) in [5, 5.41) is 3.56. The smallest absolute Gasteiger partial charge is 0.239 e. The number of ether oxygens (including phenoxy) is 1. The van der Waals surface area contributed by atoms with E-state index in [9.17, 15) is 4.79 Å². The minimum absolute atomic E-state index is 0.0419. The predicted octanol–water partition coefficient (Wildman–Crippen LogP) is 1.79. The van der Waals surface area contributed by atoms with Gasteiger partial charge >= 0.3 is 0 Å². The van der Waals surface area contributed by atoms with Crippen molar-refractivity contribution in [2.75, 3.05) is 27.7 Å². The Labute approximate surface area is 113 Å². The van der Waals surface area contributed by atoms with Gasteiger partial charge in [-0.3, -0.25) is 4.79 Å². The van der Waals surface area contributed by atoms with Crippen molar-refractivity contribution >= 4 is 17.5 Å². The molecule has 1 atom stereocenters. The standard InChI is InChI=1S/C13H19ClN2O2/c1-15-11(13(17)16(2)3)8-9-18-12-7-5-4-6-10(12)14/h4-7,11,15H,8-9H2,1-3H3. The highest BCUT2D eigenvalue weighted by molar-refractivity contribution is 6.32. The molecular formula is C13H19ClN2O2. The van der Waals surface area contributed by atoms with Gasteiger partial charge in [-0.25, -0.2) is 0 Å². The van der Waals surface area contributed by atoms with Gasteiger partial charge in [0.15, 0.2) is 0 Å². The third-order valence-electron chi connectivity index (χ3n) is 2.59. The first kappa shape index (κ1) is 14.8. The second-order valence-corrected chi connectivity index (χ2v) is 4.55. The summed E-state index contributed by atoms with van der Waals surface area (Å²) in [4.78, 5) is 13.3. The third kappa shape index (κ3) is 4.20. The fraction of sp³-hybridized carbons (Fsp3) is 0.462. The minimum Gasteiger partial charge on any atom is -0.492 e. The van der Waals surface area contributed by atoms with E-state index < -0.39 is 0 Å². The highest BCUT2D eigenvalue weighted by Crippen LogP contribution is 2.23. The quantitative estimate of drug-likeness (QED) is 0.857. The van der Waals surface area contributed by atoms with Gasteiger partial charge < -0.3 is 15.0 Å². The number of benzene rings is 1. The Morgan fingerprint density at radius 1 is 1.44 bits per heavy atom. The highest BCUT2D eigenvalue weighted by Gasteiger charge is 2.17. The summed E-state index contributed by atoms with van der Waals surface area (Å²) in [6.07, 6.45) is 0.596. The molecule has 0 bridgehead atoms. The number of halogens is 1. The largest absolute Gasteiger partial charge is 0.492 e. The highest BCUT2D eigenvalue weighted by atomic mass is 35.5. The summed E-state index contributed by atoms with van der Waals surface area (Å²) in [6.45, 7) is 0.439. The molecule has 0 radical (unpaired) electrons. The fourth-order valence-electron chi connectivity index (χ4n) is 1.55. The van der Waals surface area contributed by atoms with Crippen LogP contribution >= 0.6 is 11.6 Å². The Morgan fingerprint density at radius 3 is 2.67 bits per heavy atom. The van der Waals surface area contributed by atoms with Crippen molar-refractivity contribution in [3.63, 3.8) is 0 Å². The average molecular weight is 271 g/mol. The molecule has 1 amide bonds. The van der Waals surface area contributed by atoms with E-state index in [4.69, 9.17) is 16.3 Å². The number of likely N-dealkylation sites (N-methyl/N-ethyl adjacent to an activating group) is 2. The van der Waals surface area contributed by atoms with Crippen molar-refractivity contribution in [1.29, 1.82) is 0 Å². The number of para-hydroxylation sites is 1. The summed E-state index contributed by atoms with van der Waals surface area (Å²) < 4.78 is 5.56. The lowest BCUT2D eigenvalue weighted by atomic mass is 10.2. The van der Waals surface area contributed by atoms with Gasteiger partial charge in [0.25, 0.3) is 0 Å². The molecule has 0 heterocycles. The second-order valence-electron chi connectivity index (χ2n) is 4.14. The van der Waals surface area contributed by atoms with Crippen molar-refractivity contribution in [1.82, 2.24) is 10.2 Å². The maximum Gasteiger partial charge on any atom is 0.239 e. The van der Waals surface area contributed by atoms with E-state index >= 15 is 0 Å². The van der Waals surface area contributed by atoms with Crippen molar-refractivity contribution in [3.05, 3.63) is 29.3 Å². The van der Waals surface area contributed by atoms with Gasteiger partial charge in [-0.05, 0) is 19.2 Å². The van der Waals surface area contributed by atoms with Crippen LogP contribution in [0.4, 0.5) is 0 Å². The first-order valence-corrected chi connectivity index (χ1v) is 6.19. The Hall–Kier alpha value is -1.26. The van der Waals surface area contributed by atoms with E-state index in [1.807, 2.05) is 18.2 Å². The maximum atomic E-state index is 11.8. The van der Waals surface area contributed by atoms with E-state index in [0.29, 0.717) is 23.8 Å². The van der Waals surface area contributed by atoms with Gasteiger partial charge in [0.2, 0.25) is 5.91 Å². The third-order valence-corrected chi connectivity index (χ3v) is 2.90. The number of carbonyl (C=O) groups excluding carboxylic acids is 1. The molecule has 0 aromatic heterocycles. The predicted molar refractivity (Wildman–Crippen MR) is 73.1 cm³/mol. The molecule has 1 unspecified atom stereocenters. The number of amides is 1. The number of hydrogen-bond acceptors (Lipinski definition) is 3. The van der Waals surface area contributed by atoms with Crippen molar-refractivity contribution in [3.8, 4) is 5.75 Å². The lowest BCUT2D eigenvalue weighted by molar-refractivity contribution is -0.131. The van der Waals surface area contributed by atoms with Crippen molar-refractivity contribution in [2.24, 2.45) is 0 Å². The van der Waals surface area contributed by atoms with Gasteiger partial charge in [-0.15, -0.1) is 0 Å². The summed E-state index contributed by atoms with van der Waals surface area (Å²) >= 11 is 5.97. The number of nitrogens with one attached hydrogen (secondary N) is 1. The van der Waals surface area contributed by atoms with Crippen LogP contribution in [-0.4, -0.2) is 44.6 Å². The Balaban J connectivity index is 2.45. The fourth-order valence-corrected chi connectivity index (χ4v) is 1.74. The van der Waals surface area contributed by atoms with Crippen LogP contribution in [0.15, 0.2) is 24.3 Å². The molecule has 18 heavy (non-hydrogen) atoms. The summed E-state index contributed by atoms with van der Waals surface area (Å²) in [5.74, 6) is 0.687. The van der Waals surface area contributed by atoms with Crippen LogP contribution in [0.25, 0.3) is 0 Å². The number of rotatable bonds is 6. The van der Waals surface area contributed by atoms with E-state index in [1.165, 1.54) is 0 Å². The monoisotopic (exact) mass is 270 g/mol. The van der Waals surface area contributed by atoms with E-state index in [-0.39, 0.29) is 11.9 Å². The lowest BCUT2D eigenvalue weighted by Crippen LogP contribution is -2.42. The molecule has 100 valence electrons. The van der Waals surface area contributed by atoms with E-state index in [2.05, 4.69) is 5.32 Å². The minimum atomic E-state index is -0.234. The maximum absolute atomic E-state index is 11.8. The molecule has 5 heteroatoms. The van der Waals surface area contributed by atoms with Crippen LogP contribution in [-0.2, 0) is 4.79 Å². The Kier molecular flexibility index (Phi) is 5.95. The molecule has 0 spiro atoms. The van der Waals surface area contributed by atoms with Gasteiger partial charge in [-0.1, -0.05) is 23.7 Å². The van der Waals surface area contributed by atoms with Crippen molar-refractivity contribution in [2.45, 2.75) is 12.5 Å². The molecule has 0 saturated heterocycles. The molecule has 4 nitrogen and oxygen atoms in total. The molecule has 0 saturated carbocycles. The van der Waals surface area contributed by atoms with Crippen LogP contribution < -0.4 is 10.1 Å². The zero-order valence-electron chi connectivity index (χ0n) is 10.9.